The maximum Gasteiger partial charge on any atom is 0.332 e. The lowest BCUT2D eigenvalue weighted by atomic mass is 10.2. The summed E-state index contributed by atoms with van der Waals surface area (Å²) >= 11 is 2.00. The molecule has 0 spiro atoms. The van der Waals surface area contributed by atoms with Crippen LogP contribution in [0.25, 0.3) is 0 Å². The highest BCUT2D eigenvalue weighted by atomic mass is 127. The molecule has 0 aromatic heterocycles. The zero-order valence-electron chi connectivity index (χ0n) is 10.3. The third kappa shape index (κ3) is 4.73. The summed E-state index contributed by atoms with van der Waals surface area (Å²) in [5, 5.41) is 3.63. The molecule has 3 N–H and O–H groups in total. The number of ether oxygens (including phenoxy) is 2. The number of urea groups is 1. The third-order valence-corrected chi connectivity index (χ3v) is 2.69. The number of amides is 2. The Kier molecular flexibility index (Phi) is 5.55. The number of benzene rings is 1. The lowest BCUT2D eigenvalue weighted by Crippen LogP contribution is -2.24. The number of carbonyl (C=O) groups is 2. The fraction of sp³-hybridized carbons (Fsp3) is 0.182. The molecule has 0 aliphatic carbocycles. The normalized spacial score (nSPS) is 10.3. The Bertz CT molecular complexity index is 531. The van der Waals surface area contributed by atoms with Gasteiger partial charge in [0.25, 0.3) is 0 Å². The van der Waals surface area contributed by atoms with Crippen molar-refractivity contribution in [3.8, 4) is 11.5 Å². The van der Waals surface area contributed by atoms with E-state index in [9.17, 15) is 9.59 Å². The number of nitrogens with one attached hydrogen (secondary N) is 1. The molecule has 0 saturated heterocycles. The average Bonchev–Trinajstić information content (AvgIpc) is 2.31. The van der Waals surface area contributed by atoms with Gasteiger partial charge in [-0.1, -0.05) is 0 Å². The van der Waals surface area contributed by atoms with Crippen LogP contribution in [-0.4, -0.2) is 25.3 Å². The maximum absolute atomic E-state index is 11.0. The molecular weight excluding hydrogens is 365 g/mol. The number of nitrogens with two attached hydrogens (primary N) is 1. The molecule has 102 valence electrons. The summed E-state index contributed by atoms with van der Waals surface area (Å²) in [4.78, 5) is 21.5. The van der Waals surface area contributed by atoms with E-state index in [0.29, 0.717) is 20.6 Å². The van der Waals surface area contributed by atoms with Crippen molar-refractivity contribution < 1.29 is 19.1 Å². The standard InChI is InChI=1S/C11H12IN3O4/c1-6(16)19-10-8(12)3-7(4-9(10)18-2)5-14-15-11(13)17/h3-5H,1-2H3,(H3,13,15,17)/b14-5-. The molecule has 1 rings (SSSR count). The highest BCUT2D eigenvalue weighted by Gasteiger charge is 2.12. The number of hydrazone groups is 1. The summed E-state index contributed by atoms with van der Waals surface area (Å²) in [6, 6.07) is 2.58. The first-order chi connectivity index (χ1) is 8.93. The van der Waals surface area contributed by atoms with E-state index in [4.69, 9.17) is 15.2 Å². The first-order valence-corrected chi connectivity index (χ1v) is 6.16. The second-order valence-corrected chi connectivity index (χ2v) is 4.52. The molecule has 0 fully saturated rings. The van der Waals surface area contributed by atoms with Crippen LogP contribution in [0.1, 0.15) is 12.5 Å². The Morgan fingerprint density at radius 2 is 2.16 bits per heavy atom. The number of nitrogens with zero attached hydrogens (tertiary/aromatic N) is 1. The molecule has 2 amide bonds. The van der Waals surface area contributed by atoms with E-state index in [-0.39, 0.29) is 0 Å². The van der Waals surface area contributed by atoms with Crippen molar-refractivity contribution in [3.63, 3.8) is 0 Å². The molecule has 0 aliphatic heterocycles. The second kappa shape index (κ2) is 6.92. The van der Waals surface area contributed by atoms with Crippen LogP contribution in [0.5, 0.6) is 11.5 Å². The van der Waals surface area contributed by atoms with E-state index in [1.807, 2.05) is 22.6 Å². The molecule has 0 radical (unpaired) electrons. The lowest BCUT2D eigenvalue weighted by molar-refractivity contribution is -0.132. The SMILES string of the molecule is COc1cc(/C=N\NC(N)=O)cc(I)c1OC(C)=O. The second-order valence-electron chi connectivity index (χ2n) is 3.36. The van der Waals surface area contributed by atoms with Gasteiger partial charge in [0.05, 0.1) is 16.9 Å². The largest absolute Gasteiger partial charge is 0.493 e. The first-order valence-electron chi connectivity index (χ1n) is 5.08. The average molecular weight is 377 g/mol. The Hall–Kier alpha value is -1.84. The zero-order chi connectivity index (χ0) is 14.4. The fourth-order valence-electron chi connectivity index (χ4n) is 1.23. The summed E-state index contributed by atoms with van der Waals surface area (Å²) in [5.41, 5.74) is 7.61. The number of esters is 1. The van der Waals surface area contributed by atoms with Gasteiger partial charge in [-0.25, -0.2) is 10.2 Å². The number of primary amides is 1. The predicted octanol–water partition coefficient (Wildman–Crippen LogP) is 1.23. The summed E-state index contributed by atoms with van der Waals surface area (Å²) in [6.07, 6.45) is 1.40. The minimum absolute atomic E-state index is 0.343. The number of methoxy groups -OCH3 is 1. The fourth-order valence-corrected chi connectivity index (χ4v) is 1.96. The van der Waals surface area contributed by atoms with Crippen LogP contribution < -0.4 is 20.6 Å². The van der Waals surface area contributed by atoms with Crippen LogP contribution in [0.15, 0.2) is 17.2 Å². The highest BCUT2D eigenvalue weighted by Crippen LogP contribution is 2.33. The monoisotopic (exact) mass is 377 g/mol. The van der Waals surface area contributed by atoms with Crippen molar-refractivity contribution in [3.05, 3.63) is 21.3 Å². The van der Waals surface area contributed by atoms with Crippen LogP contribution in [0.4, 0.5) is 4.79 Å². The molecule has 7 nitrogen and oxygen atoms in total. The molecule has 19 heavy (non-hydrogen) atoms. The molecular formula is C11H12IN3O4. The van der Waals surface area contributed by atoms with Crippen molar-refractivity contribution in [1.82, 2.24) is 5.43 Å². The predicted molar refractivity (Wildman–Crippen MR) is 77.3 cm³/mol. The number of rotatable bonds is 4. The van der Waals surface area contributed by atoms with Crippen molar-refractivity contribution in [2.45, 2.75) is 6.92 Å². The van der Waals surface area contributed by atoms with E-state index in [1.165, 1.54) is 20.2 Å². The van der Waals surface area contributed by atoms with E-state index in [0.717, 1.165) is 0 Å². The Labute approximate surface area is 123 Å². The van der Waals surface area contributed by atoms with Crippen molar-refractivity contribution >= 4 is 40.8 Å². The Morgan fingerprint density at radius 1 is 1.47 bits per heavy atom. The summed E-state index contributed by atoms with van der Waals surface area (Å²) in [7, 11) is 1.46. The number of carbonyl (C=O) groups excluding carboxylic acids is 2. The van der Waals surface area contributed by atoms with Gasteiger partial charge in [0.15, 0.2) is 11.5 Å². The Balaban J connectivity index is 3.05. The van der Waals surface area contributed by atoms with Gasteiger partial charge in [-0.05, 0) is 40.3 Å². The van der Waals surface area contributed by atoms with Gasteiger partial charge in [-0.15, -0.1) is 0 Å². The van der Waals surface area contributed by atoms with E-state index in [1.54, 1.807) is 12.1 Å². The lowest BCUT2D eigenvalue weighted by Gasteiger charge is -2.10. The van der Waals surface area contributed by atoms with Crippen molar-refractivity contribution in [2.24, 2.45) is 10.8 Å². The molecule has 0 unspecified atom stereocenters. The van der Waals surface area contributed by atoms with E-state index in [2.05, 4.69) is 10.5 Å². The van der Waals surface area contributed by atoms with Crippen LogP contribution in [0.2, 0.25) is 0 Å². The smallest absolute Gasteiger partial charge is 0.332 e. The summed E-state index contributed by atoms with van der Waals surface area (Å²) < 4.78 is 10.9. The zero-order valence-corrected chi connectivity index (χ0v) is 12.4. The van der Waals surface area contributed by atoms with Crippen LogP contribution in [0.3, 0.4) is 0 Å². The number of halogens is 1. The molecule has 1 aromatic carbocycles. The summed E-state index contributed by atoms with van der Waals surface area (Å²) in [5.74, 6) is 0.297. The molecule has 0 atom stereocenters. The molecule has 1 aromatic rings. The molecule has 0 saturated carbocycles. The molecule has 0 heterocycles. The van der Waals surface area contributed by atoms with Crippen molar-refractivity contribution in [1.29, 1.82) is 0 Å². The number of hydrogen-bond donors (Lipinski definition) is 2. The first kappa shape index (κ1) is 15.2. The van der Waals surface area contributed by atoms with Gasteiger partial charge in [-0.3, -0.25) is 4.79 Å². The molecule has 8 heteroatoms. The Morgan fingerprint density at radius 3 is 2.68 bits per heavy atom. The van der Waals surface area contributed by atoms with Crippen LogP contribution in [0, 0.1) is 3.57 Å². The highest BCUT2D eigenvalue weighted by molar-refractivity contribution is 14.1. The van der Waals surface area contributed by atoms with Gasteiger partial charge < -0.3 is 15.2 Å². The topological polar surface area (TPSA) is 103 Å². The van der Waals surface area contributed by atoms with E-state index < -0.39 is 12.0 Å². The van der Waals surface area contributed by atoms with Gasteiger partial charge in [0, 0.05) is 6.92 Å². The minimum Gasteiger partial charge on any atom is -0.493 e. The maximum atomic E-state index is 11.0. The minimum atomic E-state index is -0.755. The summed E-state index contributed by atoms with van der Waals surface area (Å²) in [6.45, 7) is 1.31. The molecule has 0 aliphatic rings. The van der Waals surface area contributed by atoms with Gasteiger partial charge in [0.2, 0.25) is 0 Å². The van der Waals surface area contributed by atoms with E-state index >= 15 is 0 Å². The molecule has 0 bridgehead atoms. The quantitative estimate of drug-likeness (QED) is 0.271. The van der Waals surface area contributed by atoms with Crippen LogP contribution >= 0.6 is 22.6 Å². The van der Waals surface area contributed by atoms with Gasteiger partial charge in [0.1, 0.15) is 0 Å². The van der Waals surface area contributed by atoms with Gasteiger partial charge in [-0.2, -0.15) is 5.10 Å². The third-order valence-electron chi connectivity index (χ3n) is 1.89. The van der Waals surface area contributed by atoms with Crippen LogP contribution in [-0.2, 0) is 4.79 Å². The number of hydrogen-bond acceptors (Lipinski definition) is 5. The van der Waals surface area contributed by atoms with Gasteiger partial charge >= 0.3 is 12.0 Å². The van der Waals surface area contributed by atoms with Crippen molar-refractivity contribution in [2.75, 3.05) is 7.11 Å².